The lowest BCUT2D eigenvalue weighted by molar-refractivity contribution is -0.132. The number of hydrogen-bond acceptors (Lipinski definition) is 4. The second kappa shape index (κ2) is 6.73. The van der Waals surface area contributed by atoms with Gasteiger partial charge in [-0.15, -0.1) is 0 Å². The Kier molecular flexibility index (Phi) is 4.51. The van der Waals surface area contributed by atoms with Crippen LogP contribution in [0.2, 0.25) is 0 Å². The summed E-state index contributed by atoms with van der Waals surface area (Å²) in [6.07, 6.45) is 4.28. The van der Waals surface area contributed by atoms with E-state index in [0.29, 0.717) is 18.1 Å². The molecule has 1 atom stereocenters. The van der Waals surface area contributed by atoms with E-state index < -0.39 is 0 Å². The molecule has 2 aromatic rings. The van der Waals surface area contributed by atoms with E-state index in [4.69, 9.17) is 4.52 Å². The van der Waals surface area contributed by atoms with Gasteiger partial charge in [-0.05, 0) is 38.2 Å². The van der Waals surface area contributed by atoms with Crippen molar-refractivity contribution < 1.29 is 9.32 Å². The first kappa shape index (κ1) is 14.8. The van der Waals surface area contributed by atoms with Crippen LogP contribution in [0.3, 0.4) is 0 Å². The Morgan fingerprint density at radius 2 is 2.18 bits per heavy atom. The van der Waals surface area contributed by atoms with Gasteiger partial charge >= 0.3 is 0 Å². The Balaban J connectivity index is 1.55. The van der Waals surface area contributed by atoms with Crippen LogP contribution in [0.4, 0.5) is 0 Å². The minimum absolute atomic E-state index is 0.0366. The number of benzene rings is 1. The summed E-state index contributed by atoms with van der Waals surface area (Å²) in [7, 11) is 0. The van der Waals surface area contributed by atoms with Gasteiger partial charge in [0.15, 0.2) is 5.82 Å². The van der Waals surface area contributed by atoms with Crippen LogP contribution in [0, 0.1) is 6.92 Å². The van der Waals surface area contributed by atoms with E-state index in [1.807, 2.05) is 23.1 Å². The number of aromatic nitrogens is 2. The van der Waals surface area contributed by atoms with Gasteiger partial charge in [0.2, 0.25) is 11.8 Å². The van der Waals surface area contributed by atoms with Gasteiger partial charge in [-0.2, -0.15) is 4.98 Å². The second-order valence-electron chi connectivity index (χ2n) is 5.76. The monoisotopic (exact) mass is 299 g/mol. The maximum absolute atomic E-state index is 12.5. The summed E-state index contributed by atoms with van der Waals surface area (Å²) in [5.74, 6) is 1.39. The summed E-state index contributed by atoms with van der Waals surface area (Å²) in [5, 5.41) is 3.83. The maximum Gasteiger partial charge on any atom is 0.249 e. The molecule has 5 heteroatoms. The Bertz CT molecular complexity index is 624. The summed E-state index contributed by atoms with van der Waals surface area (Å²) in [5.41, 5.74) is 1.28. The van der Waals surface area contributed by atoms with Crippen LogP contribution in [0.25, 0.3) is 0 Å². The summed E-state index contributed by atoms with van der Waals surface area (Å²) in [6.45, 7) is 2.59. The quantitative estimate of drug-likeness (QED) is 0.851. The topological polar surface area (TPSA) is 59.2 Å². The Labute approximate surface area is 130 Å². The average molecular weight is 299 g/mol. The third-order valence-corrected chi connectivity index (χ3v) is 4.10. The smallest absolute Gasteiger partial charge is 0.249 e. The largest absolute Gasteiger partial charge is 0.337 e. The third kappa shape index (κ3) is 3.35. The van der Waals surface area contributed by atoms with Gasteiger partial charge in [0.1, 0.15) is 6.04 Å². The molecule has 1 saturated heterocycles. The van der Waals surface area contributed by atoms with Crippen molar-refractivity contribution in [2.45, 2.75) is 45.1 Å². The van der Waals surface area contributed by atoms with Crippen molar-refractivity contribution in [3.63, 3.8) is 0 Å². The highest BCUT2D eigenvalue weighted by molar-refractivity contribution is 5.76. The number of likely N-dealkylation sites (tertiary alicyclic amines) is 1. The van der Waals surface area contributed by atoms with E-state index in [1.165, 1.54) is 5.56 Å². The van der Waals surface area contributed by atoms with Crippen LogP contribution in [0.5, 0.6) is 0 Å². The standard InChI is InChI=1S/C17H21N3O2/c1-13-18-17(22-19-13)15-10-6-12-20(15)16(21)11-5-9-14-7-3-2-4-8-14/h2-4,7-8,15H,5-6,9-12H2,1H3/t15-/m1/s1. The van der Waals surface area contributed by atoms with Gasteiger partial charge in [0.25, 0.3) is 0 Å². The van der Waals surface area contributed by atoms with Crippen molar-refractivity contribution in [2.75, 3.05) is 6.54 Å². The van der Waals surface area contributed by atoms with E-state index in [0.717, 1.165) is 32.2 Å². The molecule has 2 heterocycles. The summed E-state index contributed by atoms with van der Waals surface area (Å²) >= 11 is 0. The molecule has 1 amide bonds. The molecule has 0 bridgehead atoms. The molecule has 5 nitrogen and oxygen atoms in total. The number of amides is 1. The molecule has 1 aliphatic heterocycles. The molecule has 0 radical (unpaired) electrons. The van der Waals surface area contributed by atoms with Gasteiger partial charge in [-0.3, -0.25) is 4.79 Å². The van der Waals surface area contributed by atoms with Gasteiger partial charge < -0.3 is 9.42 Å². The predicted molar refractivity (Wildman–Crippen MR) is 82.1 cm³/mol. The second-order valence-corrected chi connectivity index (χ2v) is 5.76. The zero-order valence-corrected chi connectivity index (χ0v) is 12.9. The highest BCUT2D eigenvalue weighted by Crippen LogP contribution is 2.31. The molecule has 0 aliphatic carbocycles. The highest BCUT2D eigenvalue weighted by atomic mass is 16.5. The first-order chi connectivity index (χ1) is 10.7. The summed E-state index contributed by atoms with van der Waals surface area (Å²) in [6, 6.07) is 10.2. The fraction of sp³-hybridized carbons (Fsp3) is 0.471. The third-order valence-electron chi connectivity index (χ3n) is 4.10. The van der Waals surface area contributed by atoms with E-state index >= 15 is 0 Å². The zero-order chi connectivity index (χ0) is 15.4. The molecule has 22 heavy (non-hydrogen) atoms. The van der Waals surface area contributed by atoms with Crippen molar-refractivity contribution in [2.24, 2.45) is 0 Å². The van der Waals surface area contributed by atoms with E-state index in [9.17, 15) is 4.79 Å². The minimum Gasteiger partial charge on any atom is -0.337 e. The molecule has 1 aromatic carbocycles. The van der Waals surface area contributed by atoms with Crippen LogP contribution >= 0.6 is 0 Å². The molecule has 1 aromatic heterocycles. The highest BCUT2D eigenvalue weighted by Gasteiger charge is 2.33. The van der Waals surface area contributed by atoms with E-state index in [-0.39, 0.29) is 11.9 Å². The molecule has 1 fully saturated rings. The van der Waals surface area contributed by atoms with Crippen LogP contribution in [0.1, 0.15) is 49.0 Å². The molecule has 0 unspecified atom stereocenters. The molecular formula is C17H21N3O2. The number of nitrogens with zero attached hydrogens (tertiary/aromatic N) is 3. The summed E-state index contributed by atoms with van der Waals surface area (Å²) < 4.78 is 5.25. The molecular weight excluding hydrogens is 278 g/mol. The molecule has 1 aliphatic rings. The van der Waals surface area contributed by atoms with E-state index in [1.54, 1.807) is 6.92 Å². The number of carbonyl (C=O) groups is 1. The SMILES string of the molecule is Cc1noc([C@H]2CCCN2C(=O)CCCc2ccccc2)n1. The Hall–Kier alpha value is -2.17. The van der Waals surface area contributed by atoms with Crippen molar-refractivity contribution in [1.82, 2.24) is 15.0 Å². The van der Waals surface area contributed by atoms with Gasteiger partial charge in [0, 0.05) is 13.0 Å². The zero-order valence-electron chi connectivity index (χ0n) is 12.9. The predicted octanol–water partition coefficient (Wildman–Crippen LogP) is 3.06. The Morgan fingerprint density at radius 3 is 2.91 bits per heavy atom. The maximum atomic E-state index is 12.5. The minimum atomic E-state index is -0.0366. The van der Waals surface area contributed by atoms with Crippen molar-refractivity contribution in [1.29, 1.82) is 0 Å². The van der Waals surface area contributed by atoms with Crippen LogP contribution < -0.4 is 0 Å². The van der Waals surface area contributed by atoms with Crippen molar-refractivity contribution in [3.8, 4) is 0 Å². The van der Waals surface area contributed by atoms with Crippen LogP contribution in [-0.2, 0) is 11.2 Å². The number of carbonyl (C=O) groups excluding carboxylic acids is 1. The molecule has 116 valence electrons. The van der Waals surface area contributed by atoms with Crippen molar-refractivity contribution in [3.05, 3.63) is 47.6 Å². The molecule has 0 saturated carbocycles. The van der Waals surface area contributed by atoms with Gasteiger partial charge in [-0.25, -0.2) is 0 Å². The lowest BCUT2D eigenvalue weighted by Gasteiger charge is -2.21. The Morgan fingerprint density at radius 1 is 1.36 bits per heavy atom. The van der Waals surface area contributed by atoms with Gasteiger partial charge in [0.05, 0.1) is 0 Å². The van der Waals surface area contributed by atoms with E-state index in [2.05, 4.69) is 22.3 Å². The fourth-order valence-corrected chi connectivity index (χ4v) is 3.00. The fourth-order valence-electron chi connectivity index (χ4n) is 3.00. The van der Waals surface area contributed by atoms with Gasteiger partial charge in [-0.1, -0.05) is 35.5 Å². The molecule has 0 N–H and O–H groups in total. The summed E-state index contributed by atoms with van der Waals surface area (Å²) in [4.78, 5) is 18.6. The van der Waals surface area contributed by atoms with Crippen molar-refractivity contribution >= 4 is 5.91 Å². The average Bonchev–Trinajstić information content (AvgIpc) is 3.16. The lowest BCUT2D eigenvalue weighted by Crippen LogP contribution is -2.30. The lowest BCUT2D eigenvalue weighted by atomic mass is 10.1. The van der Waals surface area contributed by atoms with Crippen LogP contribution in [0.15, 0.2) is 34.9 Å². The molecule has 0 spiro atoms. The number of hydrogen-bond donors (Lipinski definition) is 0. The molecule has 3 rings (SSSR count). The normalized spacial score (nSPS) is 17.9. The number of aryl methyl sites for hydroxylation is 2. The number of rotatable bonds is 5. The first-order valence-electron chi connectivity index (χ1n) is 7.87. The first-order valence-corrected chi connectivity index (χ1v) is 7.87. The van der Waals surface area contributed by atoms with Crippen LogP contribution in [-0.4, -0.2) is 27.5 Å².